The minimum atomic E-state index is -3.81. The molecule has 1 aliphatic carbocycles. The minimum Gasteiger partial charge on any atom is -0.496 e. The van der Waals surface area contributed by atoms with Crippen LogP contribution in [-0.4, -0.2) is 30.0 Å². The van der Waals surface area contributed by atoms with Crippen molar-refractivity contribution >= 4 is 36.0 Å². The Morgan fingerprint density at radius 2 is 1.59 bits per heavy atom. The number of rotatable bonds is 8. The first-order valence-electron chi connectivity index (χ1n) is 8.16. The summed E-state index contributed by atoms with van der Waals surface area (Å²) < 4.78 is 60.4. The zero-order valence-electron chi connectivity index (χ0n) is 14.5. The van der Waals surface area contributed by atoms with Crippen LogP contribution in [-0.2, 0) is 26.6 Å². The molecule has 10 heteroatoms. The maximum Gasteiger partial charge on any atom is 0.240 e. The van der Waals surface area contributed by atoms with Crippen molar-refractivity contribution in [2.75, 3.05) is 7.11 Å². The molecule has 27 heavy (non-hydrogen) atoms. The lowest BCUT2D eigenvalue weighted by Crippen LogP contribution is -2.26. The number of benzene rings is 2. The largest absolute Gasteiger partial charge is 0.496 e. The molecule has 2 N–H and O–H groups in total. The second kappa shape index (κ2) is 7.88. The average molecular weight is 475 g/mol. The minimum absolute atomic E-state index is 0.0122. The van der Waals surface area contributed by atoms with Gasteiger partial charge in [-0.3, -0.25) is 0 Å². The van der Waals surface area contributed by atoms with Crippen molar-refractivity contribution in [2.24, 2.45) is 0 Å². The van der Waals surface area contributed by atoms with Gasteiger partial charge in [-0.05, 0) is 55.3 Å². The van der Waals surface area contributed by atoms with Gasteiger partial charge < -0.3 is 4.74 Å². The van der Waals surface area contributed by atoms with Gasteiger partial charge in [0.2, 0.25) is 20.0 Å². The summed E-state index contributed by atoms with van der Waals surface area (Å²) in [5.41, 5.74) is 0.670. The van der Waals surface area contributed by atoms with Gasteiger partial charge in [0.1, 0.15) is 5.75 Å². The van der Waals surface area contributed by atoms with E-state index in [0.29, 0.717) is 11.3 Å². The molecule has 0 amide bonds. The first kappa shape index (κ1) is 20.3. The van der Waals surface area contributed by atoms with E-state index in [4.69, 9.17) is 4.74 Å². The number of ether oxygens (including phenoxy) is 1. The van der Waals surface area contributed by atoms with E-state index in [9.17, 15) is 16.8 Å². The second-order valence-electron chi connectivity index (χ2n) is 6.15. The van der Waals surface area contributed by atoms with E-state index in [-0.39, 0.29) is 22.4 Å². The Hall–Kier alpha value is -1.46. The van der Waals surface area contributed by atoms with Crippen LogP contribution in [0.15, 0.2) is 56.7 Å². The Morgan fingerprint density at radius 1 is 1.00 bits per heavy atom. The van der Waals surface area contributed by atoms with E-state index in [2.05, 4.69) is 25.4 Å². The van der Waals surface area contributed by atoms with Crippen LogP contribution in [0.1, 0.15) is 18.4 Å². The quantitative estimate of drug-likeness (QED) is 0.611. The molecular weight excluding hydrogens is 456 g/mol. The molecule has 2 aromatic rings. The van der Waals surface area contributed by atoms with E-state index < -0.39 is 20.0 Å². The summed E-state index contributed by atoms with van der Waals surface area (Å²) in [6.07, 6.45) is 1.66. The summed E-state index contributed by atoms with van der Waals surface area (Å²) in [5, 5.41) is 0. The van der Waals surface area contributed by atoms with Crippen molar-refractivity contribution < 1.29 is 21.6 Å². The van der Waals surface area contributed by atoms with Crippen molar-refractivity contribution in [3.63, 3.8) is 0 Å². The highest BCUT2D eigenvalue weighted by molar-refractivity contribution is 9.10. The summed E-state index contributed by atoms with van der Waals surface area (Å²) in [5.74, 6) is 0.563. The number of hydrogen-bond acceptors (Lipinski definition) is 5. The maximum atomic E-state index is 12.5. The third-order valence-corrected chi connectivity index (χ3v) is 7.49. The molecule has 0 unspecified atom stereocenters. The smallest absolute Gasteiger partial charge is 0.240 e. The molecule has 0 aliphatic heterocycles. The van der Waals surface area contributed by atoms with Crippen LogP contribution in [0.25, 0.3) is 0 Å². The molecule has 1 saturated carbocycles. The van der Waals surface area contributed by atoms with Crippen LogP contribution in [0.4, 0.5) is 0 Å². The van der Waals surface area contributed by atoms with E-state index >= 15 is 0 Å². The molecule has 146 valence electrons. The summed E-state index contributed by atoms with van der Waals surface area (Å²) in [6.45, 7) is 0.0359. The normalized spacial score (nSPS) is 14.9. The molecule has 2 aromatic carbocycles. The Kier molecular flexibility index (Phi) is 5.92. The lowest BCUT2D eigenvalue weighted by molar-refractivity contribution is 0.409. The first-order chi connectivity index (χ1) is 12.7. The fourth-order valence-corrected chi connectivity index (χ4v) is 5.15. The van der Waals surface area contributed by atoms with Crippen molar-refractivity contribution in [2.45, 2.75) is 35.2 Å². The van der Waals surface area contributed by atoms with Gasteiger partial charge in [0.05, 0.1) is 16.9 Å². The third kappa shape index (κ3) is 5.08. The van der Waals surface area contributed by atoms with Crippen molar-refractivity contribution in [1.29, 1.82) is 0 Å². The molecule has 0 heterocycles. The molecule has 1 fully saturated rings. The molecule has 0 bridgehead atoms. The number of hydrogen-bond donors (Lipinski definition) is 2. The van der Waals surface area contributed by atoms with Gasteiger partial charge in [-0.15, -0.1) is 0 Å². The highest BCUT2D eigenvalue weighted by Gasteiger charge is 2.28. The molecule has 0 saturated heterocycles. The summed E-state index contributed by atoms with van der Waals surface area (Å²) in [7, 11) is -5.91. The van der Waals surface area contributed by atoms with Gasteiger partial charge in [-0.1, -0.05) is 15.9 Å². The highest BCUT2D eigenvalue weighted by Crippen LogP contribution is 2.24. The summed E-state index contributed by atoms with van der Waals surface area (Å²) >= 11 is 3.34. The Labute approximate surface area is 167 Å². The van der Waals surface area contributed by atoms with E-state index in [1.165, 1.54) is 31.4 Å². The zero-order valence-corrected chi connectivity index (χ0v) is 17.7. The zero-order chi connectivity index (χ0) is 19.7. The van der Waals surface area contributed by atoms with Gasteiger partial charge in [0.25, 0.3) is 0 Å². The Balaban J connectivity index is 1.74. The molecule has 0 radical (unpaired) electrons. The molecule has 3 rings (SSSR count). The standard InChI is InChI=1S/C17H19BrN2O5S2/c1-25-17-9-2-13(18)10-12(17)11-19-26(21,22)15-5-7-16(8-6-15)27(23,24)20-14-3-4-14/h2,5-10,14,19-20H,3-4,11H2,1H3. The van der Waals surface area contributed by atoms with E-state index in [1.807, 2.05) is 0 Å². The molecule has 0 aromatic heterocycles. The van der Waals surface area contributed by atoms with Crippen LogP contribution in [0.2, 0.25) is 0 Å². The average Bonchev–Trinajstić information content (AvgIpc) is 3.43. The molecule has 0 spiro atoms. The fraction of sp³-hybridized carbons (Fsp3) is 0.294. The number of nitrogens with one attached hydrogen (secondary N) is 2. The second-order valence-corrected chi connectivity index (χ2v) is 10.5. The SMILES string of the molecule is COc1ccc(Br)cc1CNS(=O)(=O)c1ccc(S(=O)(=O)NC2CC2)cc1. The summed E-state index contributed by atoms with van der Waals surface area (Å²) in [4.78, 5) is 0.0313. The summed E-state index contributed by atoms with van der Waals surface area (Å²) in [6, 6.07) is 10.4. The highest BCUT2D eigenvalue weighted by atomic mass is 79.9. The van der Waals surface area contributed by atoms with Gasteiger partial charge in [0, 0.05) is 22.6 Å². The topological polar surface area (TPSA) is 102 Å². The molecule has 1 aliphatic rings. The number of methoxy groups -OCH3 is 1. The predicted octanol–water partition coefficient (Wildman–Crippen LogP) is 2.38. The molecule has 0 atom stereocenters. The van der Waals surface area contributed by atoms with Crippen molar-refractivity contribution in [3.05, 3.63) is 52.5 Å². The fourth-order valence-electron chi connectivity index (χ4n) is 2.43. The van der Waals surface area contributed by atoms with Crippen LogP contribution in [0.3, 0.4) is 0 Å². The van der Waals surface area contributed by atoms with Gasteiger partial charge in [0.15, 0.2) is 0 Å². The van der Waals surface area contributed by atoms with Crippen molar-refractivity contribution in [3.8, 4) is 5.75 Å². The van der Waals surface area contributed by atoms with Crippen LogP contribution in [0.5, 0.6) is 5.75 Å². The van der Waals surface area contributed by atoms with Gasteiger partial charge in [-0.25, -0.2) is 26.3 Å². The van der Waals surface area contributed by atoms with Gasteiger partial charge >= 0.3 is 0 Å². The van der Waals surface area contributed by atoms with E-state index in [1.54, 1.807) is 18.2 Å². The first-order valence-corrected chi connectivity index (χ1v) is 11.9. The monoisotopic (exact) mass is 474 g/mol. The number of sulfonamides is 2. The van der Waals surface area contributed by atoms with Crippen LogP contribution in [0, 0.1) is 0 Å². The lowest BCUT2D eigenvalue weighted by Gasteiger charge is -2.11. The van der Waals surface area contributed by atoms with E-state index in [0.717, 1.165) is 17.3 Å². The lowest BCUT2D eigenvalue weighted by atomic mass is 10.2. The third-order valence-electron chi connectivity index (χ3n) is 4.04. The van der Waals surface area contributed by atoms with Crippen LogP contribution < -0.4 is 14.2 Å². The van der Waals surface area contributed by atoms with Crippen LogP contribution >= 0.6 is 15.9 Å². The predicted molar refractivity (Wildman–Crippen MR) is 105 cm³/mol. The Bertz CT molecular complexity index is 1030. The Morgan fingerprint density at radius 3 is 2.15 bits per heavy atom. The maximum absolute atomic E-state index is 12.5. The molecule has 7 nitrogen and oxygen atoms in total. The molecular formula is C17H19BrN2O5S2. The van der Waals surface area contributed by atoms with Gasteiger partial charge in [-0.2, -0.15) is 0 Å². The number of halogens is 1. The van der Waals surface area contributed by atoms with Crippen molar-refractivity contribution in [1.82, 2.24) is 9.44 Å².